The first-order valence-electron chi connectivity index (χ1n) is 2.34. The highest BCUT2D eigenvalue weighted by atomic mass is 32.3. The Hall–Kier alpha value is -1.11. The molecule has 0 aromatic rings. The van der Waals surface area contributed by atoms with E-state index in [1.165, 1.54) is 0 Å². The minimum atomic E-state index is -5.24. The Morgan fingerprint density at radius 2 is 1.54 bits per heavy atom. The van der Waals surface area contributed by atoms with Crippen molar-refractivity contribution in [3.8, 4) is 0 Å². The molecule has 10 nitrogen and oxygen atoms in total. The van der Waals surface area contributed by atoms with Gasteiger partial charge in [-0.2, -0.15) is 16.8 Å². The topological polar surface area (TPSA) is 161 Å². The van der Waals surface area contributed by atoms with Gasteiger partial charge in [0, 0.05) is 0 Å². The van der Waals surface area contributed by atoms with Crippen molar-refractivity contribution < 1.29 is 25.9 Å². The molecule has 0 fully saturated rings. The molecule has 0 bridgehead atoms. The number of hydrogen-bond donors (Lipinski definition) is 3. The zero-order valence-corrected chi connectivity index (χ0v) is 7.40. The Bertz CT molecular complexity index is 372. The lowest BCUT2D eigenvalue weighted by molar-refractivity contribution is 0.390. The summed E-state index contributed by atoms with van der Waals surface area (Å²) < 4.78 is 56.2. The number of hydrogen-bond acceptors (Lipinski definition) is 6. The van der Waals surface area contributed by atoms with Gasteiger partial charge in [0.05, 0.1) is 0 Å². The number of hydrazone groups is 1. The summed E-state index contributed by atoms with van der Waals surface area (Å²) in [6.45, 7) is 0. The summed E-state index contributed by atoms with van der Waals surface area (Å²) in [7, 11) is -10.5. The van der Waals surface area contributed by atoms with Crippen molar-refractivity contribution >= 4 is 26.9 Å². The van der Waals surface area contributed by atoms with Crippen molar-refractivity contribution in [3.63, 3.8) is 0 Å². The quantitative estimate of drug-likeness (QED) is 0.182. The van der Waals surface area contributed by atoms with Crippen molar-refractivity contribution in [3.05, 3.63) is 0 Å². The maximum absolute atomic E-state index is 10.2. The Morgan fingerprint density at radius 1 is 1.15 bits per heavy atom. The smallest absolute Gasteiger partial charge is 0.267 e. The van der Waals surface area contributed by atoms with Crippen LogP contribution in [0.25, 0.3) is 0 Å². The first-order chi connectivity index (χ1) is 5.69. The SMILES string of the molecule is N=NC=NN(S(=O)(=O)O)S(=O)(=O)O. The second kappa shape index (κ2) is 3.73. The third-order valence-electron chi connectivity index (χ3n) is 0.598. The van der Waals surface area contributed by atoms with E-state index < -0.39 is 24.4 Å². The summed E-state index contributed by atoms with van der Waals surface area (Å²) >= 11 is 0. The molecule has 12 heteroatoms. The predicted molar refractivity (Wildman–Crippen MR) is 38.6 cm³/mol. The van der Waals surface area contributed by atoms with Crippen molar-refractivity contribution in [1.82, 2.24) is 3.82 Å². The van der Waals surface area contributed by atoms with Crippen LogP contribution in [-0.4, -0.2) is 36.1 Å². The predicted octanol–water partition coefficient (Wildman–Crippen LogP) is -1.13. The molecule has 0 unspecified atom stereocenters. The fraction of sp³-hybridized carbons (Fsp3) is 0. The van der Waals surface area contributed by atoms with Crippen LogP contribution < -0.4 is 0 Å². The van der Waals surface area contributed by atoms with Gasteiger partial charge in [0.1, 0.15) is 0 Å². The molecule has 3 N–H and O–H groups in total. The van der Waals surface area contributed by atoms with Crippen molar-refractivity contribution in [1.29, 1.82) is 5.53 Å². The van der Waals surface area contributed by atoms with Crippen LogP contribution in [-0.2, 0) is 20.6 Å². The molecule has 0 rings (SSSR count). The summed E-state index contributed by atoms with van der Waals surface area (Å²) in [6.07, 6.45) is 0.182. The van der Waals surface area contributed by atoms with Gasteiger partial charge < -0.3 is 0 Å². The van der Waals surface area contributed by atoms with Gasteiger partial charge in [-0.05, 0) is 3.82 Å². The van der Waals surface area contributed by atoms with Crippen LogP contribution >= 0.6 is 0 Å². The summed E-state index contributed by atoms with van der Waals surface area (Å²) in [5, 5.41) is 4.83. The van der Waals surface area contributed by atoms with Gasteiger partial charge in [0.15, 0.2) is 6.34 Å². The third-order valence-corrected chi connectivity index (χ3v) is 2.71. The van der Waals surface area contributed by atoms with Gasteiger partial charge in [-0.1, -0.05) is 0 Å². The minimum absolute atomic E-state index is 0.182. The van der Waals surface area contributed by atoms with Crippen LogP contribution in [0.1, 0.15) is 0 Å². The van der Waals surface area contributed by atoms with Gasteiger partial charge in [-0.15, -0.1) is 10.2 Å². The fourth-order valence-corrected chi connectivity index (χ4v) is 1.58. The molecule has 0 aliphatic carbocycles. The van der Waals surface area contributed by atoms with Crippen LogP contribution in [0, 0.1) is 5.53 Å². The maximum Gasteiger partial charge on any atom is 0.390 e. The maximum atomic E-state index is 10.2. The van der Waals surface area contributed by atoms with Gasteiger partial charge in [-0.3, -0.25) is 9.11 Å². The molecule has 0 aliphatic heterocycles. The number of rotatable bonds is 4. The summed E-state index contributed by atoms with van der Waals surface area (Å²) in [6, 6.07) is 0. The summed E-state index contributed by atoms with van der Waals surface area (Å²) in [5.74, 6) is 0. The van der Waals surface area contributed by atoms with Gasteiger partial charge in [0.25, 0.3) is 0 Å². The molecule has 76 valence electrons. The van der Waals surface area contributed by atoms with Crippen LogP contribution in [0.3, 0.4) is 0 Å². The van der Waals surface area contributed by atoms with Crippen molar-refractivity contribution in [2.75, 3.05) is 0 Å². The van der Waals surface area contributed by atoms with Crippen molar-refractivity contribution in [2.45, 2.75) is 0 Å². The Labute approximate surface area is 73.1 Å². The Morgan fingerprint density at radius 3 is 1.77 bits per heavy atom. The Balaban J connectivity index is 5.26. The normalized spacial score (nSPS) is 13.1. The van der Waals surface area contributed by atoms with Crippen LogP contribution in [0.4, 0.5) is 0 Å². The first-order valence-corrected chi connectivity index (χ1v) is 5.13. The van der Waals surface area contributed by atoms with E-state index in [4.69, 9.17) is 14.6 Å². The molecule has 0 aromatic carbocycles. The second-order valence-corrected chi connectivity index (χ2v) is 4.21. The highest BCUT2D eigenvalue weighted by Gasteiger charge is 2.29. The lowest BCUT2D eigenvalue weighted by atomic mass is 11.4. The average molecular weight is 232 g/mol. The van der Waals surface area contributed by atoms with E-state index in [2.05, 4.69) is 10.2 Å². The third kappa shape index (κ3) is 3.88. The lowest BCUT2D eigenvalue weighted by Gasteiger charge is -2.08. The fourth-order valence-electron chi connectivity index (χ4n) is 0.306. The van der Waals surface area contributed by atoms with E-state index in [0.717, 1.165) is 0 Å². The highest BCUT2D eigenvalue weighted by Crippen LogP contribution is 2.03. The largest absolute Gasteiger partial charge is 0.390 e. The monoisotopic (exact) mass is 232 g/mol. The van der Waals surface area contributed by atoms with Gasteiger partial charge >= 0.3 is 20.6 Å². The van der Waals surface area contributed by atoms with Gasteiger partial charge in [-0.25, -0.2) is 5.53 Å². The standard InChI is InChI=1S/CH4N4O6S2/c2-3-1-4-5(12(6,7)8)13(9,10)11/h1-2H,(H,6,7,8)(H,9,10,11). The number of nitrogens with one attached hydrogen (secondary N) is 1. The molecule has 0 aliphatic rings. The molecule has 0 heterocycles. The molecule has 0 saturated heterocycles. The lowest BCUT2D eigenvalue weighted by Crippen LogP contribution is -2.31. The van der Waals surface area contributed by atoms with E-state index in [-0.39, 0.29) is 6.34 Å². The van der Waals surface area contributed by atoms with E-state index in [1.807, 2.05) is 0 Å². The van der Waals surface area contributed by atoms with Crippen LogP contribution in [0.15, 0.2) is 10.2 Å². The Kier molecular flexibility index (Phi) is 3.42. The van der Waals surface area contributed by atoms with Crippen LogP contribution in [0.2, 0.25) is 0 Å². The van der Waals surface area contributed by atoms with Gasteiger partial charge in [0.2, 0.25) is 0 Å². The summed E-state index contributed by atoms with van der Waals surface area (Å²) in [5.41, 5.74) is 6.10. The van der Waals surface area contributed by atoms with Crippen molar-refractivity contribution in [2.24, 2.45) is 10.2 Å². The first kappa shape index (κ1) is 11.9. The molecule has 0 aromatic heterocycles. The molecule has 0 amide bonds. The van der Waals surface area contributed by atoms with E-state index >= 15 is 0 Å². The average Bonchev–Trinajstić information content (AvgIpc) is 1.81. The second-order valence-electron chi connectivity index (χ2n) is 1.49. The molecule has 0 radical (unpaired) electrons. The van der Waals surface area contributed by atoms with E-state index in [9.17, 15) is 16.8 Å². The molecular formula is CH4N4O6S2. The van der Waals surface area contributed by atoms with Crippen LogP contribution in [0.5, 0.6) is 0 Å². The molecule has 0 spiro atoms. The minimum Gasteiger partial charge on any atom is -0.267 e. The zero-order valence-electron chi connectivity index (χ0n) is 5.76. The molecule has 0 saturated carbocycles. The van der Waals surface area contributed by atoms with E-state index in [0.29, 0.717) is 0 Å². The summed E-state index contributed by atoms with van der Waals surface area (Å²) in [4.78, 5) is 0. The molecule has 0 atom stereocenters. The zero-order chi connectivity index (χ0) is 10.7. The number of nitrogens with zero attached hydrogens (tertiary/aromatic N) is 3. The highest BCUT2D eigenvalue weighted by molar-refractivity contribution is 7.98. The van der Waals surface area contributed by atoms with E-state index in [1.54, 1.807) is 0 Å². The molecular weight excluding hydrogens is 228 g/mol. The molecule has 13 heavy (non-hydrogen) atoms.